The van der Waals surface area contributed by atoms with Gasteiger partial charge in [-0.15, -0.1) is 13.2 Å². The first kappa shape index (κ1) is 41.7. The first-order chi connectivity index (χ1) is 27.1. The first-order valence-electron chi connectivity index (χ1n) is 17.8. The molecular formula is C48H44O8. The van der Waals surface area contributed by atoms with Crippen LogP contribution in [0.2, 0.25) is 0 Å². The van der Waals surface area contributed by atoms with Crippen LogP contribution in [0.5, 0.6) is 23.0 Å². The molecule has 0 unspecified atom stereocenters. The smallest absolute Gasteiger partial charge is 0.170 e. The molecule has 0 atom stereocenters. The molecule has 0 bridgehead atoms. The van der Waals surface area contributed by atoms with Crippen molar-refractivity contribution in [3.63, 3.8) is 0 Å². The van der Waals surface area contributed by atoms with Crippen LogP contribution in [0.15, 0.2) is 160 Å². The molecule has 0 aromatic heterocycles. The number of rotatable bonds is 19. The number of Topliss-reactive ketones (excluding diaryl/α,β-unsaturated/α-hetero) is 4. The summed E-state index contributed by atoms with van der Waals surface area (Å²) >= 11 is 0. The van der Waals surface area contributed by atoms with E-state index in [2.05, 4.69) is 26.3 Å². The number of ether oxygens (including phenoxy) is 2. The van der Waals surface area contributed by atoms with Crippen LogP contribution < -0.4 is 9.47 Å². The van der Waals surface area contributed by atoms with Crippen molar-refractivity contribution in [3.05, 3.63) is 193 Å². The summed E-state index contributed by atoms with van der Waals surface area (Å²) in [4.78, 5) is 50.1. The van der Waals surface area contributed by atoms with Crippen LogP contribution in [0.1, 0.15) is 65.4 Å². The summed E-state index contributed by atoms with van der Waals surface area (Å²) < 4.78 is 10.8. The molecule has 5 aromatic rings. The Kier molecular flexibility index (Phi) is 15.6. The number of hydrogen-bond acceptors (Lipinski definition) is 8. The number of carbonyl (C=O) groups is 4. The fourth-order valence-corrected chi connectivity index (χ4v) is 5.47. The topological polar surface area (TPSA) is 127 Å². The number of carbonyl (C=O) groups excluding carboxylic acids is 4. The highest BCUT2D eigenvalue weighted by molar-refractivity contribution is 6.15. The maximum Gasteiger partial charge on any atom is 0.170 e. The summed E-state index contributed by atoms with van der Waals surface area (Å²) in [7, 11) is 0. The fraction of sp³-hybridized carbons (Fsp3) is 0.125. The molecule has 0 saturated carbocycles. The summed E-state index contributed by atoms with van der Waals surface area (Å²) in [5, 5.41) is 19.9. The summed E-state index contributed by atoms with van der Waals surface area (Å²) in [5.74, 6) is 0.344. The normalized spacial score (nSPS) is 10.2. The molecule has 284 valence electrons. The van der Waals surface area contributed by atoms with E-state index in [-0.39, 0.29) is 47.5 Å². The van der Waals surface area contributed by atoms with Crippen LogP contribution >= 0.6 is 0 Å². The zero-order valence-electron chi connectivity index (χ0n) is 31.1. The Labute approximate surface area is 327 Å². The van der Waals surface area contributed by atoms with Crippen LogP contribution in [0, 0.1) is 0 Å². The minimum atomic E-state index is -0.360. The van der Waals surface area contributed by atoms with E-state index in [1.165, 1.54) is 24.3 Å². The van der Waals surface area contributed by atoms with E-state index >= 15 is 0 Å². The average molecular weight is 749 g/mol. The van der Waals surface area contributed by atoms with Crippen molar-refractivity contribution in [2.24, 2.45) is 0 Å². The number of phenols is 2. The van der Waals surface area contributed by atoms with E-state index in [9.17, 15) is 29.4 Å². The Hall–Kier alpha value is -7.06. The quantitative estimate of drug-likeness (QED) is 0.0486. The maximum atomic E-state index is 12.6. The second-order valence-electron chi connectivity index (χ2n) is 12.5. The van der Waals surface area contributed by atoms with E-state index in [0.29, 0.717) is 59.8 Å². The second-order valence-corrected chi connectivity index (χ2v) is 12.5. The average Bonchev–Trinajstić information content (AvgIpc) is 3.21. The van der Waals surface area contributed by atoms with Crippen molar-refractivity contribution in [2.45, 2.75) is 25.7 Å². The fourth-order valence-electron chi connectivity index (χ4n) is 5.47. The van der Waals surface area contributed by atoms with Crippen molar-refractivity contribution in [1.82, 2.24) is 0 Å². The molecule has 56 heavy (non-hydrogen) atoms. The van der Waals surface area contributed by atoms with Gasteiger partial charge in [0.05, 0.1) is 12.8 Å². The van der Waals surface area contributed by atoms with Crippen molar-refractivity contribution in [3.8, 4) is 34.1 Å². The van der Waals surface area contributed by atoms with Gasteiger partial charge >= 0.3 is 0 Å². The van der Waals surface area contributed by atoms with E-state index < -0.39 is 0 Å². The molecule has 0 fully saturated rings. The highest BCUT2D eigenvalue weighted by atomic mass is 16.5. The third kappa shape index (κ3) is 12.0. The Balaban J connectivity index is 0.000000293. The second kappa shape index (κ2) is 21.0. The van der Waals surface area contributed by atoms with Crippen LogP contribution in [-0.2, 0) is 12.8 Å². The summed E-state index contributed by atoms with van der Waals surface area (Å²) in [5.41, 5.74) is 4.86. The number of hydrogen-bond donors (Lipinski definition) is 2. The van der Waals surface area contributed by atoms with Gasteiger partial charge in [-0.25, -0.2) is 0 Å². The van der Waals surface area contributed by atoms with Crippen molar-refractivity contribution >= 4 is 23.1 Å². The number of benzene rings is 5. The molecule has 0 aliphatic carbocycles. The molecule has 5 rings (SSSR count). The molecule has 0 amide bonds. The first-order valence-corrected chi connectivity index (χ1v) is 17.8. The van der Waals surface area contributed by atoms with Crippen LogP contribution in [-0.4, -0.2) is 46.6 Å². The van der Waals surface area contributed by atoms with Crippen molar-refractivity contribution in [1.29, 1.82) is 0 Å². The highest BCUT2D eigenvalue weighted by Crippen LogP contribution is 2.31. The van der Waals surface area contributed by atoms with Gasteiger partial charge in [-0.05, 0) is 95.8 Å². The van der Waals surface area contributed by atoms with Crippen LogP contribution in [0.4, 0.5) is 0 Å². The molecule has 0 aliphatic rings. The van der Waals surface area contributed by atoms with Gasteiger partial charge in [-0.1, -0.05) is 86.0 Å². The standard InChI is InChI=1S/C30H26O6.C18H18O2/c1-3-17-35-25-13-9-23(10-14-25)29(33)19-27(31)21-5-7-22(8-6-21)28(32)20-30(34)24-11-15-26(16-12-24)36-18-4-2;1-3-5-13-7-9-15(11-17(13)19)16-10-8-14(6-4-2)18(20)12-16/h3-16H,1-2,17-20H2;3-4,7-12,19-20H,1-2,5-6H2. The summed E-state index contributed by atoms with van der Waals surface area (Å²) in [6.07, 6.45) is 7.42. The Morgan fingerprint density at radius 1 is 0.446 bits per heavy atom. The molecule has 0 radical (unpaired) electrons. The van der Waals surface area contributed by atoms with Crippen molar-refractivity contribution < 1.29 is 38.9 Å². The molecular weight excluding hydrogens is 705 g/mol. The molecule has 8 heteroatoms. The zero-order chi connectivity index (χ0) is 40.5. The molecule has 5 aromatic carbocycles. The zero-order valence-corrected chi connectivity index (χ0v) is 31.1. The predicted molar refractivity (Wildman–Crippen MR) is 220 cm³/mol. The third-order valence-electron chi connectivity index (χ3n) is 8.49. The van der Waals surface area contributed by atoms with Crippen LogP contribution in [0.25, 0.3) is 11.1 Å². The van der Waals surface area contributed by atoms with Crippen LogP contribution in [0.3, 0.4) is 0 Å². The molecule has 0 aliphatic heterocycles. The van der Waals surface area contributed by atoms with Gasteiger partial charge in [0.1, 0.15) is 36.2 Å². The third-order valence-corrected chi connectivity index (χ3v) is 8.49. The SMILES string of the molecule is C=CCOc1ccc(C(=O)CC(=O)c2ccc(C(=O)CC(=O)c3ccc(OCC=C)cc3)cc2)cc1.C=CCc1ccc(-c2ccc(CC=C)c(O)c2)cc1O. The van der Waals surface area contributed by atoms with E-state index in [0.717, 1.165) is 22.3 Å². The molecule has 0 heterocycles. The predicted octanol–water partition coefficient (Wildman–Crippen LogP) is 9.95. The largest absolute Gasteiger partial charge is 0.508 e. The summed E-state index contributed by atoms with van der Waals surface area (Å²) in [6, 6.07) is 30.1. The lowest BCUT2D eigenvalue weighted by molar-refractivity contribution is 0.0876. The molecule has 8 nitrogen and oxygen atoms in total. The van der Waals surface area contributed by atoms with E-state index in [4.69, 9.17) is 9.47 Å². The Bertz CT molecular complexity index is 2040. The molecule has 0 saturated heterocycles. The number of allylic oxidation sites excluding steroid dienone is 2. The van der Waals surface area contributed by atoms with E-state index in [1.807, 2.05) is 24.3 Å². The van der Waals surface area contributed by atoms with Gasteiger partial charge in [0.2, 0.25) is 0 Å². The monoisotopic (exact) mass is 748 g/mol. The Morgan fingerprint density at radius 2 is 0.750 bits per heavy atom. The van der Waals surface area contributed by atoms with Gasteiger partial charge in [-0.3, -0.25) is 19.2 Å². The maximum absolute atomic E-state index is 12.6. The highest BCUT2D eigenvalue weighted by Gasteiger charge is 2.17. The molecule has 2 N–H and O–H groups in total. The molecule has 0 spiro atoms. The van der Waals surface area contributed by atoms with Gasteiger partial charge < -0.3 is 19.7 Å². The number of aromatic hydroxyl groups is 2. The minimum Gasteiger partial charge on any atom is -0.508 e. The minimum absolute atomic E-state index is 0.247. The Morgan fingerprint density at radius 3 is 1.02 bits per heavy atom. The van der Waals surface area contributed by atoms with Gasteiger partial charge in [-0.2, -0.15) is 0 Å². The lowest BCUT2D eigenvalue weighted by Gasteiger charge is -2.08. The van der Waals surface area contributed by atoms with Crippen molar-refractivity contribution in [2.75, 3.05) is 13.2 Å². The number of phenolic OH excluding ortho intramolecular Hbond substituents is 2. The van der Waals surface area contributed by atoms with Gasteiger partial charge in [0.15, 0.2) is 23.1 Å². The summed E-state index contributed by atoms with van der Waals surface area (Å²) in [6.45, 7) is 15.2. The van der Waals surface area contributed by atoms with Gasteiger partial charge in [0.25, 0.3) is 0 Å². The van der Waals surface area contributed by atoms with Gasteiger partial charge in [0, 0.05) is 22.3 Å². The van der Waals surface area contributed by atoms with E-state index in [1.54, 1.807) is 85.0 Å². The lowest BCUT2D eigenvalue weighted by Crippen LogP contribution is -2.10. The number of ketones is 4. The lowest BCUT2D eigenvalue weighted by atomic mass is 9.98.